The molecule has 0 saturated heterocycles. The molecule has 1 aliphatic heterocycles. The first kappa shape index (κ1) is 29.6. The van der Waals surface area contributed by atoms with E-state index in [9.17, 15) is 31.4 Å². The van der Waals surface area contributed by atoms with Crippen LogP contribution in [0.3, 0.4) is 0 Å². The topological polar surface area (TPSA) is 69.9 Å². The first-order valence-corrected chi connectivity index (χ1v) is 12.7. The van der Waals surface area contributed by atoms with E-state index in [4.69, 9.17) is 9.47 Å². The smallest absolute Gasteiger partial charge is 0.461 e. The first-order chi connectivity index (χ1) is 20.5. The SMILES string of the molecule is CCOC(=O)C1=N/C(=C(/c2c(F)c(F)c(F)c(F)c2F)c2c3ccccc3c(C(=O)OCC)n2B(F)F)c2ccccc21. The molecule has 0 aliphatic carbocycles. The number of hydrogen-bond acceptors (Lipinski definition) is 5. The van der Waals surface area contributed by atoms with Crippen LogP contribution in [-0.2, 0) is 14.3 Å². The highest BCUT2D eigenvalue weighted by molar-refractivity contribution is 6.47. The van der Waals surface area contributed by atoms with Crippen LogP contribution in [0.1, 0.15) is 46.7 Å². The molecule has 3 aromatic carbocycles. The standard InChI is InChI=1S/C29H18BF7N2O4/c1-3-42-28(40)25-14-10-6-5-9-13(14)24(38-25)18(17-19(31)21(33)23(35)22(34)20(17)32)26-15-11-7-8-12-16(15)27(29(41)43-4-2)39(26)30(36)37/h5-12H,3-4H2,1-2H3/b24-18-. The van der Waals surface area contributed by atoms with Gasteiger partial charge in [0.05, 0.1) is 30.2 Å². The molecule has 0 spiro atoms. The Labute approximate surface area is 239 Å². The van der Waals surface area contributed by atoms with Crippen LogP contribution in [0.5, 0.6) is 0 Å². The number of rotatable bonds is 7. The van der Waals surface area contributed by atoms with E-state index in [0.717, 1.165) is 0 Å². The maximum atomic E-state index is 15.6. The van der Waals surface area contributed by atoms with Crippen LogP contribution in [0.4, 0.5) is 30.6 Å². The van der Waals surface area contributed by atoms with Gasteiger partial charge >= 0.3 is 19.3 Å². The van der Waals surface area contributed by atoms with Crippen molar-refractivity contribution in [2.75, 3.05) is 13.2 Å². The average molecular weight is 602 g/mol. The second-order valence-corrected chi connectivity index (χ2v) is 9.01. The molecule has 0 radical (unpaired) electrons. The molecule has 1 aliphatic rings. The Bertz CT molecular complexity index is 1860. The van der Waals surface area contributed by atoms with Gasteiger partial charge in [-0.15, -0.1) is 0 Å². The summed E-state index contributed by atoms with van der Waals surface area (Å²) in [6.07, 6.45) is 0. The van der Waals surface area contributed by atoms with Crippen molar-refractivity contribution in [1.29, 1.82) is 0 Å². The monoisotopic (exact) mass is 602 g/mol. The number of benzene rings is 3. The number of nitrogens with zero attached hydrogens (tertiary/aromatic N) is 2. The number of esters is 2. The Kier molecular flexibility index (Phi) is 7.87. The number of aromatic nitrogens is 1. The highest BCUT2D eigenvalue weighted by Gasteiger charge is 2.40. The fourth-order valence-electron chi connectivity index (χ4n) is 4.97. The van der Waals surface area contributed by atoms with Crippen LogP contribution >= 0.6 is 0 Å². The van der Waals surface area contributed by atoms with Crippen LogP contribution in [-0.4, -0.2) is 42.7 Å². The van der Waals surface area contributed by atoms with Gasteiger partial charge in [-0.2, -0.15) is 0 Å². The van der Waals surface area contributed by atoms with Crippen molar-refractivity contribution in [3.05, 3.63) is 106 Å². The molecule has 0 unspecified atom stereocenters. The molecule has 0 amide bonds. The van der Waals surface area contributed by atoms with E-state index in [1.807, 2.05) is 0 Å². The zero-order valence-corrected chi connectivity index (χ0v) is 22.3. The van der Waals surface area contributed by atoms with Crippen LogP contribution in [0, 0.1) is 29.1 Å². The molecule has 220 valence electrons. The Morgan fingerprint density at radius 2 is 1.21 bits per heavy atom. The fourth-order valence-corrected chi connectivity index (χ4v) is 4.97. The van der Waals surface area contributed by atoms with Gasteiger partial charge in [0.1, 0.15) is 5.69 Å². The number of halogens is 7. The van der Waals surface area contributed by atoms with Crippen LogP contribution in [0.15, 0.2) is 53.5 Å². The maximum absolute atomic E-state index is 15.6. The lowest BCUT2D eigenvalue weighted by molar-refractivity contribution is -0.134. The summed E-state index contributed by atoms with van der Waals surface area (Å²) in [6, 6.07) is 10.8. The fraction of sp³-hybridized carbons (Fsp3) is 0.138. The third-order valence-electron chi connectivity index (χ3n) is 6.65. The lowest BCUT2D eigenvalue weighted by atomic mass is 9.92. The number of hydrogen-bond donors (Lipinski definition) is 0. The van der Waals surface area contributed by atoms with Crippen molar-refractivity contribution in [2.24, 2.45) is 4.99 Å². The minimum atomic E-state index is -3.59. The van der Waals surface area contributed by atoms with Gasteiger partial charge in [0.25, 0.3) is 0 Å². The summed E-state index contributed by atoms with van der Waals surface area (Å²) in [6.45, 7) is 2.57. The molecule has 4 aromatic rings. The van der Waals surface area contributed by atoms with Crippen molar-refractivity contribution in [1.82, 2.24) is 4.48 Å². The van der Waals surface area contributed by atoms with Gasteiger partial charge in [-0.3, -0.25) is 8.63 Å². The molecule has 5 rings (SSSR count). The molecule has 2 heterocycles. The molecule has 6 nitrogen and oxygen atoms in total. The van der Waals surface area contributed by atoms with Crippen LogP contribution in [0.25, 0.3) is 22.0 Å². The van der Waals surface area contributed by atoms with E-state index in [0.29, 0.717) is 0 Å². The van der Waals surface area contributed by atoms with E-state index in [2.05, 4.69) is 4.99 Å². The van der Waals surface area contributed by atoms with Gasteiger partial charge in [-0.25, -0.2) is 36.5 Å². The first-order valence-electron chi connectivity index (χ1n) is 12.7. The Balaban J connectivity index is 2.07. The Morgan fingerprint density at radius 3 is 1.77 bits per heavy atom. The van der Waals surface area contributed by atoms with Gasteiger partial charge in [0.15, 0.2) is 29.0 Å². The second kappa shape index (κ2) is 11.4. The third-order valence-corrected chi connectivity index (χ3v) is 6.65. The molecular weight excluding hydrogens is 584 g/mol. The van der Waals surface area contributed by atoms with Crippen LogP contribution in [0.2, 0.25) is 0 Å². The summed E-state index contributed by atoms with van der Waals surface area (Å²) in [7, 11) is -3.59. The molecule has 0 saturated carbocycles. The highest BCUT2D eigenvalue weighted by atomic mass is 19.2. The molecule has 14 heteroatoms. The van der Waals surface area contributed by atoms with Crippen molar-refractivity contribution in [3.8, 4) is 0 Å². The van der Waals surface area contributed by atoms with Crippen LogP contribution < -0.4 is 0 Å². The van der Waals surface area contributed by atoms with Gasteiger partial charge < -0.3 is 14.0 Å². The molecule has 43 heavy (non-hydrogen) atoms. The highest BCUT2D eigenvalue weighted by Crippen LogP contribution is 2.45. The largest absolute Gasteiger partial charge is 0.678 e. The summed E-state index contributed by atoms with van der Waals surface area (Å²) < 4.78 is 115. The zero-order chi connectivity index (χ0) is 31.2. The summed E-state index contributed by atoms with van der Waals surface area (Å²) in [4.78, 5) is 30.0. The van der Waals surface area contributed by atoms with Crippen molar-refractivity contribution in [3.63, 3.8) is 0 Å². The van der Waals surface area contributed by atoms with Gasteiger partial charge in [-0.05, 0) is 13.8 Å². The van der Waals surface area contributed by atoms with E-state index in [1.165, 1.54) is 62.4 Å². The van der Waals surface area contributed by atoms with E-state index in [-0.39, 0.29) is 39.6 Å². The molecule has 0 N–H and O–H groups in total. The molecule has 0 fully saturated rings. The molecule has 0 bridgehead atoms. The minimum absolute atomic E-state index is 0.0439. The predicted octanol–water partition coefficient (Wildman–Crippen LogP) is 6.57. The molecule has 1 aromatic heterocycles. The molecule has 0 atom stereocenters. The number of aliphatic imine (C=N–C) groups is 1. The zero-order valence-electron chi connectivity index (χ0n) is 22.3. The number of carbonyl (C=O) groups is 2. The number of fused-ring (bicyclic) bond motifs is 2. The third kappa shape index (κ3) is 4.66. The summed E-state index contributed by atoms with van der Waals surface area (Å²) in [5, 5.41) is -0.395. The Morgan fingerprint density at radius 1 is 0.721 bits per heavy atom. The second-order valence-electron chi connectivity index (χ2n) is 9.01. The van der Waals surface area contributed by atoms with Crippen molar-refractivity contribution < 1.29 is 49.6 Å². The summed E-state index contributed by atoms with van der Waals surface area (Å²) in [5.74, 6) is -14.1. The summed E-state index contributed by atoms with van der Waals surface area (Å²) in [5.41, 5.74) is -5.15. The van der Waals surface area contributed by atoms with Gasteiger partial charge in [0.2, 0.25) is 5.82 Å². The van der Waals surface area contributed by atoms with Crippen molar-refractivity contribution >= 4 is 47.1 Å². The lowest BCUT2D eigenvalue weighted by Gasteiger charge is -2.18. The quantitative estimate of drug-likeness (QED) is 0.0790. The summed E-state index contributed by atoms with van der Waals surface area (Å²) >= 11 is 0. The minimum Gasteiger partial charge on any atom is -0.461 e. The molecular formula is C29H18BF7N2O4. The number of carbonyl (C=O) groups excluding carboxylic acids is 2. The van der Waals surface area contributed by atoms with E-state index >= 15 is 8.78 Å². The van der Waals surface area contributed by atoms with Gasteiger partial charge in [0, 0.05) is 27.5 Å². The van der Waals surface area contributed by atoms with E-state index in [1.54, 1.807) is 0 Å². The van der Waals surface area contributed by atoms with Crippen molar-refractivity contribution in [2.45, 2.75) is 13.8 Å². The Hall–Kier alpha value is -4.88. The lowest BCUT2D eigenvalue weighted by Crippen LogP contribution is -2.23. The van der Waals surface area contributed by atoms with Gasteiger partial charge in [-0.1, -0.05) is 48.5 Å². The average Bonchev–Trinajstić information content (AvgIpc) is 3.54. The normalized spacial score (nSPS) is 13.6. The maximum Gasteiger partial charge on any atom is 0.678 e. The number of ether oxygens (including phenoxy) is 2. The predicted molar refractivity (Wildman–Crippen MR) is 143 cm³/mol. The van der Waals surface area contributed by atoms with E-state index < -0.39 is 82.4 Å².